The van der Waals surface area contributed by atoms with Crippen molar-refractivity contribution in [3.8, 4) is 5.75 Å². The number of hydrogen-bond donors (Lipinski definition) is 1. The van der Waals surface area contributed by atoms with Gasteiger partial charge in [0, 0.05) is 6.54 Å². The summed E-state index contributed by atoms with van der Waals surface area (Å²) in [5, 5.41) is 7.35. The number of fused-ring (bicyclic) bond motifs is 1. The Bertz CT molecular complexity index is 1240. The highest BCUT2D eigenvalue weighted by Gasteiger charge is 2.11. The maximum Gasteiger partial charge on any atom is 0.264 e. The molecule has 0 saturated heterocycles. The first kappa shape index (κ1) is 20.3. The lowest BCUT2D eigenvalue weighted by Gasteiger charge is -2.08. The van der Waals surface area contributed by atoms with Crippen LogP contribution in [0.4, 0.5) is 4.39 Å². The van der Waals surface area contributed by atoms with Crippen LogP contribution in [0, 0.1) is 5.82 Å². The van der Waals surface area contributed by atoms with E-state index in [0.717, 1.165) is 5.56 Å². The van der Waals surface area contributed by atoms with E-state index < -0.39 is 0 Å². The first-order chi connectivity index (χ1) is 15.1. The fraction of sp³-hybridized carbons (Fsp3) is 0.182. The molecule has 0 radical (unpaired) electrons. The van der Waals surface area contributed by atoms with Crippen molar-refractivity contribution < 1.29 is 13.9 Å². The van der Waals surface area contributed by atoms with Gasteiger partial charge in [-0.15, -0.1) is 0 Å². The molecule has 158 valence electrons. The van der Waals surface area contributed by atoms with Crippen LogP contribution >= 0.6 is 0 Å². The quantitative estimate of drug-likeness (QED) is 0.470. The lowest BCUT2D eigenvalue weighted by Crippen LogP contribution is -2.31. The molecule has 2 aromatic carbocycles. The third-order valence-electron chi connectivity index (χ3n) is 4.65. The summed E-state index contributed by atoms with van der Waals surface area (Å²) in [5.41, 5.74) is 0.994. The maximum absolute atomic E-state index is 13.1. The highest BCUT2D eigenvalue weighted by atomic mass is 19.1. The molecular weight excluding hydrogens is 401 g/mol. The number of carbonyl (C=O) groups excluding carboxylic acids is 1. The van der Waals surface area contributed by atoms with Gasteiger partial charge in [-0.1, -0.05) is 30.3 Å². The molecule has 2 heterocycles. The largest absolute Gasteiger partial charge is 0.484 e. The molecule has 0 atom stereocenters. The lowest BCUT2D eigenvalue weighted by molar-refractivity contribution is -0.123. The summed E-state index contributed by atoms with van der Waals surface area (Å²) in [6.07, 6.45) is 2.91. The smallest absolute Gasteiger partial charge is 0.264 e. The molecule has 0 aliphatic heterocycles. The van der Waals surface area contributed by atoms with Crippen molar-refractivity contribution in [2.45, 2.75) is 13.1 Å². The standard InChI is InChI=1S/C22H20FN5O3/c23-17-8-6-16(7-9-17)13-27-15-25-21-19(22(27)30)12-26-28(21)11-10-24-20(29)14-31-18-4-2-1-3-5-18/h1-9,12,15H,10-11,13-14H2,(H,24,29). The number of nitrogens with zero attached hydrogens (tertiary/aromatic N) is 4. The summed E-state index contributed by atoms with van der Waals surface area (Å²) in [6.45, 7) is 0.865. The van der Waals surface area contributed by atoms with E-state index >= 15 is 0 Å². The molecule has 4 aromatic rings. The number of para-hydroxylation sites is 1. The Morgan fingerprint density at radius 2 is 1.87 bits per heavy atom. The van der Waals surface area contributed by atoms with E-state index in [2.05, 4.69) is 15.4 Å². The molecule has 1 N–H and O–H groups in total. The summed E-state index contributed by atoms with van der Waals surface area (Å²) in [4.78, 5) is 29.0. The highest BCUT2D eigenvalue weighted by Crippen LogP contribution is 2.09. The number of hydrogen-bond acceptors (Lipinski definition) is 5. The van der Waals surface area contributed by atoms with Crippen molar-refractivity contribution in [2.24, 2.45) is 0 Å². The van der Waals surface area contributed by atoms with Crippen LogP contribution in [0.3, 0.4) is 0 Å². The van der Waals surface area contributed by atoms with Gasteiger partial charge in [-0.05, 0) is 29.8 Å². The monoisotopic (exact) mass is 421 g/mol. The van der Waals surface area contributed by atoms with E-state index in [-0.39, 0.29) is 30.4 Å². The highest BCUT2D eigenvalue weighted by molar-refractivity contribution is 5.77. The van der Waals surface area contributed by atoms with Gasteiger partial charge in [-0.3, -0.25) is 14.2 Å². The Labute approximate surface area is 176 Å². The molecule has 0 fully saturated rings. The molecule has 0 saturated carbocycles. The van der Waals surface area contributed by atoms with Gasteiger partial charge < -0.3 is 10.1 Å². The predicted molar refractivity (Wildman–Crippen MR) is 112 cm³/mol. The number of halogens is 1. The van der Waals surface area contributed by atoms with E-state index in [0.29, 0.717) is 29.9 Å². The second kappa shape index (κ2) is 9.21. The Balaban J connectivity index is 1.35. The third kappa shape index (κ3) is 4.95. The van der Waals surface area contributed by atoms with Crippen LogP contribution in [0.15, 0.2) is 71.9 Å². The van der Waals surface area contributed by atoms with E-state index in [1.165, 1.54) is 29.2 Å². The van der Waals surface area contributed by atoms with Crippen molar-refractivity contribution in [1.82, 2.24) is 24.6 Å². The second-order valence-corrected chi connectivity index (χ2v) is 6.86. The average Bonchev–Trinajstić information content (AvgIpc) is 3.20. The number of aromatic nitrogens is 4. The predicted octanol–water partition coefficient (Wildman–Crippen LogP) is 1.98. The van der Waals surface area contributed by atoms with Crippen LogP contribution < -0.4 is 15.6 Å². The minimum Gasteiger partial charge on any atom is -0.484 e. The fourth-order valence-corrected chi connectivity index (χ4v) is 3.08. The molecule has 0 aliphatic carbocycles. The summed E-state index contributed by atoms with van der Waals surface area (Å²) >= 11 is 0. The molecule has 0 bridgehead atoms. The Morgan fingerprint density at radius 3 is 2.65 bits per heavy atom. The SMILES string of the molecule is O=C(COc1ccccc1)NCCn1ncc2c(=O)n(Cc3ccc(F)cc3)cnc21. The molecule has 4 rings (SSSR count). The van der Waals surface area contributed by atoms with E-state index in [4.69, 9.17) is 4.74 Å². The minimum atomic E-state index is -0.329. The Kier molecular flexibility index (Phi) is 6.02. The summed E-state index contributed by atoms with van der Waals surface area (Å²) in [7, 11) is 0. The van der Waals surface area contributed by atoms with Gasteiger partial charge in [0.05, 0.1) is 19.3 Å². The van der Waals surface area contributed by atoms with Gasteiger partial charge in [-0.25, -0.2) is 14.1 Å². The van der Waals surface area contributed by atoms with Crippen LogP contribution in [-0.2, 0) is 17.9 Å². The molecule has 31 heavy (non-hydrogen) atoms. The van der Waals surface area contributed by atoms with Gasteiger partial charge in [0.25, 0.3) is 11.5 Å². The number of benzene rings is 2. The minimum absolute atomic E-state index is 0.0871. The molecule has 0 unspecified atom stereocenters. The maximum atomic E-state index is 13.1. The van der Waals surface area contributed by atoms with Crippen LogP contribution in [0.1, 0.15) is 5.56 Å². The van der Waals surface area contributed by atoms with Crippen molar-refractivity contribution >= 4 is 16.9 Å². The van der Waals surface area contributed by atoms with Crippen LogP contribution in [-0.4, -0.2) is 38.4 Å². The van der Waals surface area contributed by atoms with Gasteiger partial charge in [0.15, 0.2) is 12.3 Å². The summed E-state index contributed by atoms with van der Waals surface area (Å²) < 4.78 is 21.5. The number of amides is 1. The third-order valence-corrected chi connectivity index (χ3v) is 4.65. The molecule has 9 heteroatoms. The molecular formula is C22H20FN5O3. The van der Waals surface area contributed by atoms with Gasteiger partial charge in [0.1, 0.15) is 23.3 Å². The van der Waals surface area contributed by atoms with Crippen molar-refractivity contribution in [2.75, 3.05) is 13.2 Å². The van der Waals surface area contributed by atoms with Crippen molar-refractivity contribution in [3.05, 3.63) is 88.9 Å². The molecule has 0 aliphatic rings. The van der Waals surface area contributed by atoms with Gasteiger partial charge in [-0.2, -0.15) is 5.10 Å². The fourth-order valence-electron chi connectivity index (χ4n) is 3.08. The molecule has 2 aromatic heterocycles. The average molecular weight is 421 g/mol. The molecule has 8 nitrogen and oxygen atoms in total. The van der Waals surface area contributed by atoms with Gasteiger partial charge >= 0.3 is 0 Å². The number of nitrogens with one attached hydrogen (secondary N) is 1. The molecule has 0 spiro atoms. The lowest BCUT2D eigenvalue weighted by atomic mass is 10.2. The molecule has 1 amide bonds. The Hall–Kier alpha value is -4.01. The normalized spacial score (nSPS) is 10.9. The van der Waals surface area contributed by atoms with Gasteiger partial charge in [0.2, 0.25) is 0 Å². The van der Waals surface area contributed by atoms with Crippen molar-refractivity contribution in [1.29, 1.82) is 0 Å². The first-order valence-electron chi connectivity index (χ1n) is 9.70. The van der Waals surface area contributed by atoms with Crippen molar-refractivity contribution in [3.63, 3.8) is 0 Å². The van der Waals surface area contributed by atoms with E-state index in [9.17, 15) is 14.0 Å². The van der Waals surface area contributed by atoms with E-state index in [1.54, 1.807) is 28.9 Å². The van der Waals surface area contributed by atoms with Crippen LogP contribution in [0.25, 0.3) is 11.0 Å². The zero-order valence-electron chi connectivity index (χ0n) is 16.6. The zero-order chi connectivity index (χ0) is 21.6. The van der Waals surface area contributed by atoms with Crippen LogP contribution in [0.5, 0.6) is 5.75 Å². The summed E-state index contributed by atoms with van der Waals surface area (Å²) in [5.74, 6) is 0.0384. The first-order valence-corrected chi connectivity index (χ1v) is 9.70. The number of carbonyl (C=O) groups is 1. The topological polar surface area (TPSA) is 91.0 Å². The van der Waals surface area contributed by atoms with Crippen LogP contribution in [0.2, 0.25) is 0 Å². The van der Waals surface area contributed by atoms with E-state index in [1.807, 2.05) is 18.2 Å². The summed E-state index contributed by atoms with van der Waals surface area (Å²) in [6, 6.07) is 15.0. The zero-order valence-corrected chi connectivity index (χ0v) is 16.6. The Morgan fingerprint density at radius 1 is 1.10 bits per heavy atom. The number of ether oxygens (including phenoxy) is 1. The number of rotatable bonds is 8. The second-order valence-electron chi connectivity index (χ2n) is 6.86.